The smallest absolute Gasteiger partial charge is 0.132 e. The van der Waals surface area contributed by atoms with Crippen molar-refractivity contribution in [3.63, 3.8) is 0 Å². The fourth-order valence-corrected chi connectivity index (χ4v) is 11.1. The van der Waals surface area contributed by atoms with Gasteiger partial charge in [0.1, 0.15) is 11.9 Å². The van der Waals surface area contributed by atoms with Gasteiger partial charge >= 0.3 is 0 Å². The molecule has 3 aliphatic rings. The largest absolute Gasteiger partial charge is 0.484 e. The molecule has 2 heteroatoms. The molecule has 0 spiro atoms. The zero-order chi connectivity index (χ0) is 37.7. The average Bonchev–Trinajstić information content (AvgIpc) is 3.86. The Balaban J connectivity index is 1.08. The van der Waals surface area contributed by atoms with Crippen LogP contribution in [0.25, 0.3) is 49.2 Å². The number of fused-ring (bicyclic) bond motifs is 8. The topological polar surface area (TPSA) is 9.23 Å². The fourth-order valence-electron chi connectivity index (χ4n) is 9.77. The van der Waals surface area contributed by atoms with E-state index in [-0.39, 0.29) is 17.9 Å². The Hall–Kier alpha value is -6.22. The van der Waals surface area contributed by atoms with Crippen LogP contribution < -0.4 is 4.74 Å². The van der Waals surface area contributed by atoms with E-state index < -0.39 is 0 Å². The molecule has 274 valence electrons. The van der Waals surface area contributed by atoms with Crippen molar-refractivity contribution in [1.29, 1.82) is 0 Å². The molecule has 3 unspecified atom stereocenters. The van der Waals surface area contributed by atoms with E-state index >= 15 is 0 Å². The SMILES string of the molecule is C1=Cc2sc3c(CCC(c4ccc(-c5ccccc5)cc4)c4cc5c(c6ccccc46)OC4C=CC(c6ccccc6)=C(c6ccccc6)C54)cccc3c2CC1. The third-order valence-electron chi connectivity index (χ3n) is 12.5. The molecule has 57 heavy (non-hydrogen) atoms. The van der Waals surface area contributed by atoms with Gasteiger partial charge in [0.25, 0.3) is 0 Å². The number of thiophene rings is 1. The van der Waals surface area contributed by atoms with Gasteiger partial charge in [0.05, 0.1) is 5.92 Å². The van der Waals surface area contributed by atoms with Crippen molar-refractivity contribution in [2.45, 2.75) is 43.6 Å². The summed E-state index contributed by atoms with van der Waals surface area (Å²) < 4.78 is 8.52. The van der Waals surface area contributed by atoms with Gasteiger partial charge in [-0.05, 0) is 104 Å². The first kappa shape index (κ1) is 34.1. The molecule has 0 N–H and O–H groups in total. The molecular formula is C55H42OS. The Labute approximate surface area is 338 Å². The second-order valence-electron chi connectivity index (χ2n) is 15.7. The van der Waals surface area contributed by atoms with Crippen LogP contribution in [0.4, 0.5) is 0 Å². The van der Waals surface area contributed by atoms with E-state index in [1.807, 2.05) is 11.3 Å². The lowest BCUT2D eigenvalue weighted by Gasteiger charge is -2.28. The summed E-state index contributed by atoms with van der Waals surface area (Å²) in [6.45, 7) is 0. The van der Waals surface area contributed by atoms with Gasteiger partial charge in [-0.25, -0.2) is 0 Å². The van der Waals surface area contributed by atoms with Crippen LogP contribution in [0.2, 0.25) is 0 Å². The molecule has 0 amide bonds. The van der Waals surface area contributed by atoms with Crippen LogP contribution in [0.15, 0.2) is 182 Å². The molecule has 3 atom stereocenters. The Morgan fingerprint density at radius 1 is 0.614 bits per heavy atom. The molecule has 1 aromatic heterocycles. The Kier molecular flexibility index (Phi) is 8.59. The van der Waals surface area contributed by atoms with E-state index in [4.69, 9.17) is 4.74 Å². The fraction of sp³-hybridized carbons (Fsp3) is 0.127. The van der Waals surface area contributed by atoms with Crippen molar-refractivity contribution in [3.8, 4) is 16.9 Å². The minimum absolute atomic E-state index is 0.0614. The highest BCUT2D eigenvalue weighted by Gasteiger charge is 2.41. The average molecular weight is 751 g/mol. The number of rotatable bonds is 8. The van der Waals surface area contributed by atoms with E-state index in [0.29, 0.717) is 0 Å². The molecule has 0 radical (unpaired) electrons. The van der Waals surface area contributed by atoms with Gasteiger partial charge in [-0.2, -0.15) is 0 Å². The molecule has 7 aromatic carbocycles. The maximum atomic E-state index is 7.06. The number of allylic oxidation sites excluding steroid dienone is 3. The van der Waals surface area contributed by atoms with Crippen molar-refractivity contribution in [1.82, 2.24) is 0 Å². The quantitative estimate of drug-likeness (QED) is 0.150. The molecule has 8 aromatic rings. The summed E-state index contributed by atoms with van der Waals surface area (Å²) in [6.07, 6.45) is 13.4. The highest BCUT2D eigenvalue weighted by Crippen LogP contribution is 2.55. The van der Waals surface area contributed by atoms with E-state index in [0.717, 1.165) is 31.4 Å². The first-order valence-corrected chi connectivity index (χ1v) is 21.2. The normalized spacial score (nSPS) is 17.3. The van der Waals surface area contributed by atoms with Gasteiger partial charge in [-0.1, -0.05) is 176 Å². The van der Waals surface area contributed by atoms with E-state index in [1.165, 1.54) is 87.0 Å². The third-order valence-corrected chi connectivity index (χ3v) is 13.7. The van der Waals surface area contributed by atoms with Gasteiger partial charge in [0.2, 0.25) is 0 Å². The summed E-state index contributed by atoms with van der Waals surface area (Å²) in [5.74, 6) is 1.26. The Morgan fingerprint density at radius 2 is 1.28 bits per heavy atom. The van der Waals surface area contributed by atoms with Crippen LogP contribution in [0.3, 0.4) is 0 Å². The maximum absolute atomic E-state index is 7.06. The number of hydrogen-bond acceptors (Lipinski definition) is 2. The highest BCUT2D eigenvalue weighted by atomic mass is 32.1. The molecular weight excluding hydrogens is 709 g/mol. The molecule has 2 heterocycles. The van der Waals surface area contributed by atoms with E-state index in [1.54, 1.807) is 0 Å². The molecule has 1 nitrogen and oxygen atoms in total. The lowest BCUT2D eigenvalue weighted by molar-refractivity contribution is 0.274. The van der Waals surface area contributed by atoms with E-state index in [9.17, 15) is 0 Å². The molecule has 0 saturated carbocycles. The summed E-state index contributed by atoms with van der Waals surface area (Å²) in [6, 6.07) is 60.5. The van der Waals surface area contributed by atoms with Crippen molar-refractivity contribution in [2.24, 2.45) is 0 Å². The molecule has 2 aliphatic carbocycles. The maximum Gasteiger partial charge on any atom is 0.132 e. The number of ether oxygens (including phenoxy) is 1. The number of benzene rings is 7. The van der Waals surface area contributed by atoms with Crippen LogP contribution in [0.1, 0.15) is 68.5 Å². The van der Waals surface area contributed by atoms with Gasteiger partial charge < -0.3 is 4.74 Å². The zero-order valence-corrected chi connectivity index (χ0v) is 32.6. The second-order valence-corrected chi connectivity index (χ2v) is 16.7. The Morgan fingerprint density at radius 3 is 2.05 bits per heavy atom. The minimum atomic E-state index is -0.0820. The lowest BCUT2D eigenvalue weighted by Crippen LogP contribution is -2.21. The van der Waals surface area contributed by atoms with Crippen molar-refractivity contribution in [2.75, 3.05) is 0 Å². The summed E-state index contributed by atoms with van der Waals surface area (Å²) in [5, 5.41) is 3.93. The van der Waals surface area contributed by atoms with Crippen molar-refractivity contribution >= 4 is 49.4 Å². The highest BCUT2D eigenvalue weighted by molar-refractivity contribution is 7.20. The first-order valence-electron chi connectivity index (χ1n) is 20.4. The molecule has 0 saturated heterocycles. The van der Waals surface area contributed by atoms with Crippen LogP contribution >= 0.6 is 11.3 Å². The summed E-state index contributed by atoms with van der Waals surface area (Å²) >= 11 is 1.98. The number of aryl methyl sites for hydroxylation is 2. The predicted octanol–water partition coefficient (Wildman–Crippen LogP) is 14.5. The summed E-state index contributed by atoms with van der Waals surface area (Å²) in [5.41, 5.74) is 14.6. The Bertz CT molecular complexity index is 2860. The second kappa shape index (κ2) is 14.4. The monoisotopic (exact) mass is 750 g/mol. The minimum Gasteiger partial charge on any atom is -0.484 e. The molecule has 11 rings (SSSR count). The molecule has 1 aliphatic heterocycles. The van der Waals surface area contributed by atoms with Crippen molar-refractivity contribution in [3.05, 3.63) is 226 Å². The van der Waals surface area contributed by atoms with Crippen LogP contribution in [0.5, 0.6) is 5.75 Å². The standard InChI is InChI=1S/C55H42OS/c1-4-15-36(16-5-1)37-27-29-39(30-28-37)42(32-31-41-21-14-25-47-45-23-12-13-26-51(45)57-55(41)47)48-35-49-53-50(56-54(49)46-24-11-10-22-44(46)48)34-33-43(38-17-6-2-7-18-38)52(53)40-19-8-3-9-20-40/h1-11,13-22,24-30,33-35,42,50,53H,12,23,31-32H2. The summed E-state index contributed by atoms with van der Waals surface area (Å²) in [4.78, 5) is 1.44. The predicted molar refractivity (Wildman–Crippen MR) is 241 cm³/mol. The lowest BCUT2D eigenvalue weighted by atomic mass is 9.75. The van der Waals surface area contributed by atoms with Crippen molar-refractivity contribution < 1.29 is 4.74 Å². The van der Waals surface area contributed by atoms with Gasteiger partial charge in [0, 0.05) is 26.4 Å². The van der Waals surface area contributed by atoms with Gasteiger partial charge in [0.15, 0.2) is 0 Å². The van der Waals surface area contributed by atoms with Crippen LogP contribution in [-0.4, -0.2) is 6.10 Å². The van der Waals surface area contributed by atoms with Crippen LogP contribution in [0, 0.1) is 0 Å². The zero-order valence-electron chi connectivity index (χ0n) is 31.8. The third kappa shape index (κ3) is 5.99. The molecule has 0 fully saturated rings. The van der Waals surface area contributed by atoms with Gasteiger partial charge in [-0.3, -0.25) is 0 Å². The molecule has 0 bridgehead atoms. The van der Waals surface area contributed by atoms with E-state index in [2.05, 4.69) is 188 Å². The number of hydrogen-bond donors (Lipinski definition) is 0. The first-order chi connectivity index (χ1) is 28.3. The summed E-state index contributed by atoms with van der Waals surface area (Å²) in [7, 11) is 0. The van der Waals surface area contributed by atoms with Gasteiger partial charge in [-0.15, -0.1) is 11.3 Å². The van der Waals surface area contributed by atoms with Crippen LogP contribution in [-0.2, 0) is 12.8 Å².